The van der Waals surface area contributed by atoms with Crippen LogP contribution in [0.25, 0.3) is 71.9 Å². The van der Waals surface area contributed by atoms with E-state index >= 15 is 0 Å². The van der Waals surface area contributed by atoms with Crippen LogP contribution in [-0.2, 0) is 0 Å². The highest BCUT2D eigenvalue weighted by Gasteiger charge is 2.24. The molecule has 0 saturated carbocycles. The minimum Gasteiger partial charge on any atom is -0.455 e. The highest BCUT2D eigenvalue weighted by atomic mass is 31.1. The molecule has 1 unspecified atom stereocenters. The van der Waals surface area contributed by atoms with Crippen molar-refractivity contribution in [1.82, 2.24) is 9.97 Å². The Kier molecular flexibility index (Phi) is 6.29. The van der Waals surface area contributed by atoms with Gasteiger partial charge in [-0.3, -0.25) is 9.97 Å². The summed E-state index contributed by atoms with van der Waals surface area (Å²) in [4.78, 5) is 9.05. The summed E-state index contributed by atoms with van der Waals surface area (Å²) >= 11 is 0. The third-order valence-corrected chi connectivity index (χ3v) is 10.3. The van der Waals surface area contributed by atoms with Crippen molar-refractivity contribution >= 4 is 29.6 Å². The molecule has 46 heavy (non-hydrogen) atoms. The smallest absolute Gasteiger partial charge is 0.173 e. The maximum Gasteiger partial charge on any atom is 0.173 e. The second-order valence-electron chi connectivity index (χ2n) is 11.1. The summed E-state index contributed by atoms with van der Waals surface area (Å²) in [5.74, 6) is 1.55. The van der Waals surface area contributed by atoms with Gasteiger partial charge in [-0.15, -0.1) is 0 Å². The maximum absolute atomic E-state index is 6.84. The Morgan fingerprint density at radius 1 is 0.435 bits per heavy atom. The summed E-state index contributed by atoms with van der Waals surface area (Å²) in [5, 5.41) is 1.97. The number of pyridine rings is 2. The summed E-state index contributed by atoms with van der Waals surface area (Å²) in [7, 11) is -1.24. The third kappa shape index (κ3) is 4.66. The average molecular weight is 613 g/mol. The van der Waals surface area contributed by atoms with E-state index in [4.69, 9.17) is 13.4 Å². The van der Waals surface area contributed by atoms with E-state index in [1.807, 2.05) is 73.1 Å². The number of hydrogen-bond acceptors (Lipinski definition) is 5. The van der Waals surface area contributed by atoms with E-state index in [0.717, 1.165) is 72.3 Å². The van der Waals surface area contributed by atoms with Crippen molar-refractivity contribution in [3.05, 3.63) is 152 Å². The number of fused-ring (bicyclic) bond motifs is 3. The maximum atomic E-state index is 6.84. The fourth-order valence-corrected chi connectivity index (χ4v) is 7.93. The van der Waals surface area contributed by atoms with Crippen LogP contribution in [0.15, 0.2) is 161 Å². The summed E-state index contributed by atoms with van der Waals surface area (Å²) < 4.78 is 20.0. The molecule has 1 atom stereocenters. The molecule has 0 N–H and O–H groups in total. The lowest BCUT2D eigenvalue weighted by Crippen LogP contribution is -1.92. The molecule has 6 heteroatoms. The van der Waals surface area contributed by atoms with Gasteiger partial charge in [0, 0.05) is 23.5 Å². The molecule has 0 radical (unpaired) electrons. The van der Waals surface area contributed by atoms with Crippen LogP contribution in [0.5, 0.6) is 11.5 Å². The molecule has 9 rings (SSSR count). The lowest BCUT2D eigenvalue weighted by atomic mass is 10.0. The lowest BCUT2D eigenvalue weighted by molar-refractivity contribution is 0.489. The molecule has 1 aliphatic heterocycles. The van der Waals surface area contributed by atoms with E-state index in [-0.39, 0.29) is 0 Å². The van der Waals surface area contributed by atoms with Gasteiger partial charge in [-0.1, -0.05) is 66.7 Å². The number of aromatic nitrogens is 2. The van der Waals surface area contributed by atoms with Gasteiger partial charge in [0.25, 0.3) is 0 Å². The number of nitrogens with zero attached hydrogens (tertiary/aromatic N) is 2. The van der Waals surface area contributed by atoms with Gasteiger partial charge < -0.3 is 13.4 Å². The van der Waals surface area contributed by atoms with Crippen molar-refractivity contribution in [1.29, 1.82) is 0 Å². The number of rotatable bonds is 4. The summed E-state index contributed by atoms with van der Waals surface area (Å²) in [6, 6.07) is 47.2. The zero-order valence-corrected chi connectivity index (χ0v) is 25.4. The standard InChI is InChI=1S/C40H25N2O3P/c1-3-20-41-32(12-1)30-10-5-8-26(22-30)28-16-18-34-37(24-28)43-35-14-7-15-36-40(35)46(45-34)39-19-17-29(25-38(39)44-36)27-9-6-11-31(23-27)33-13-2-4-21-42-33/h1-25H. The van der Waals surface area contributed by atoms with Crippen molar-refractivity contribution in [3.63, 3.8) is 0 Å². The molecule has 0 saturated heterocycles. The Labute approximate surface area is 265 Å². The van der Waals surface area contributed by atoms with Crippen molar-refractivity contribution in [2.45, 2.75) is 0 Å². The zero-order chi connectivity index (χ0) is 30.5. The summed E-state index contributed by atoms with van der Waals surface area (Å²) in [5.41, 5.74) is 10.4. The third-order valence-electron chi connectivity index (χ3n) is 8.23. The molecule has 0 fully saturated rings. The summed E-state index contributed by atoms with van der Waals surface area (Å²) in [6.07, 6.45) is 3.63. The first-order valence-corrected chi connectivity index (χ1v) is 16.3. The van der Waals surface area contributed by atoms with Crippen LogP contribution in [0, 0.1) is 0 Å². The number of benzene rings is 5. The lowest BCUT2D eigenvalue weighted by Gasteiger charge is -2.19. The van der Waals surface area contributed by atoms with Crippen LogP contribution >= 0.6 is 7.77 Å². The van der Waals surface area contributed by atoms with Crippen LogP contribution in [0.4, 0.5) is 0 Å². The van der Waals surface area contributed by atoms with Gasteiger partial charge in [0.15, 0.2) is 11.2 Å². The van der Waals surface area contributed by atoms with Crippen LogP contribution in [0.1, 0.15) is 0 Å². The first kappa shape index (κ1) is 26.5. The Balaban J connectivity index is 1.15. The zero-order valence-electron chi connectivity index (χ0n) is 24.5. The van der Waals surface area contributed by atoms with Crippen LogP contribution in [-0.4, -0.2) is 9.97 Å². The Morgan fingerprint density at radius 2 is 1.07 bits per heavy atom. The number of hydrogen-bond donors (Lipinski definition) is 0. The molecular formula is C40H25N2O3P. The van der Waals surface area contributed by atoms with E-state index in [9.17, 15) is 0 Å². The Hall–Kier alpha value is -5.90. The predicted octanol–water partition coefficient (Wildman–Crippen LogP) is 11.8. The van der Waals surface area contributed by atoms with Crippen molar-refractivity contribution in [2.24, 2.45) is 0 Å². The van der Waals surface area contributed by atoms with Gasteiger partial charge in [-0.25, -0.2) is 0 Å². The van der Waals surface area contributed by atoms with Crippen molar-refractivity contribution in [3.8, 4) is 61.6 Å². The second kappa shape index (κ2) is 10.9. The van der Waals surface area contributed by atoms with E-state index in [2.05, 4.69) is 88.8 Å². The fraction of sp³-hybridized carbons (Fsp3) is 0. The van der Waals surface area contributed by atoms with Gasteiger partial charge in [0.1, 0.15) is 22.2 Å². The van der Waals surface area contributed by atoms with Gasteiger partial charge >= 0.3 is 0 Å². The molecule has 8 aromatic rings. The van der Waals surface area contributed by atoms with E-state index in [1.54, 1.807) is 0 Å². The highest BCUT2D eigenvalue weighted by molar-refractivity contribution is 7.57. The van der Waals surface area contributed by atoms with Crippen molar-refractivity contribution in [2.75, 3.05) is 0 Å². The molecule has 5 nitrogen and oxygen atoms in total. The molecular weight excluding hydrogens is 587 g/mol. The quantitative estimate of drug-likeness (QED) is 0.198. The normalized spacial score (nSPS) is 12.0. The second-order valence-corrected chi connectivity index (χ2v) is 12.8. The number of ether oxygens (including phenoxy) is 1. The molecule has 0 spiro atoms. The molecule has 0 aliphatic carbocycles. The molecule has 0 amide bonds. The molecule has 4 heterocycles. The minimum atomic E-state index is -1.24. The SMILES string of the molecule is c1ccc(-c2cccc(-c3ccc4c(c3)Oc3cccc5oc6cc(-c7cccc(-c8ccccn8)c7)ccc6op-4c35)c2)nc1. The average Bonchev–Trinajstić information content (AvgIpc) is 3.30. The Morgan fingerprint density at radius 3 is 1.76 bits per heavy atom. The Bertz CT molecular complexity index is 2460. The van der Waals surface area contributed by atoms with Crippen molar-refractivity contribution < 1.29 is 13.4 Å². The molecule has 218 valence electrons. The van der Waals surface area contributed by atoms with Crippen LogP contribution in [0.3, 0.4) is 0 Å². The first-order valence-electron chi connectivity index (χ1n) is 15.1. The minimum absolute atomic E-state index is 0.676. The van der Waals surface area contributed by atoms with E-state index in [0.29, 0.717) is 11.2 Å². The van der Waals surface area contributed by atoms with Gasteiger partial charge in [0.05, 0.1) is 24.5 Å². The van der Waals surface area contributed by atoms with Crippen LogP contribution in [0.2, 0.25) is 0 Å². The van der Waals surface area contributed by atoms with Gasteiger partial charge in [-0.2, -0.15) is 0 Å². The van der Waals surface area contributed by atoms with Gasteiger partial charge in [-0.05, 0) is 95.1 Å². The first-order chi connectivity index (χ1) is 22.8. The topological polar surface area (TPSA) is 61.3 Å². The molecule has 0 bridgehead atoms. The molecule has 1 aliphatic rings. The molecule has 5 aromatic carbocycles. The predicted molar refractivity (Wildman–Crippen MR) is 185 cm³/mol. The van der Waals surface area contributed by atoms with Crippen LogP contribution < -0.4 is 4.74 Å². The van der Waals surface area contributed by atoms with E-state index < -0.39 is 7.77 Å². The van der Waals surface area contributed by atoms with E-state index in [1.165, 1.54) is 0 Å². The van der Waals surface area contributed by atoms with Gasteiger partial charge in [0.2, 0.25) is 0 Å². The summed E-state index contributed by atoms with van der Waals surface area (Å²) in [6.45, 7) is 0. The molecule has 3 aromatic heterocycles. The highest BCUT2D eigenvalue weighted by Crippen LogP contribution is 2.58. The monoisotopic (exact) mass is 612 g/mol. The fourth-order valence-electron chi connectivity index (χ4n) is 5.99. The largest absolute Gasteiger partial charge is 0.455 e.